The molecule has 0 spiro atoms. The van der Waals surface area contributed by atoms with Gasteiger partial charge >= 0.3 is 0 Å². The summed E-state index contributed by atoms with van der Waals surface area (Å²) >= 11 is 0. The van der Waals surface area contributed by atoms with Crippen LogP contribution in [0.2, 0.25) is 0 Å². The molecule has 1 aromatic heterocycles. The molecule has 1 saturated heterocycles. The van der Waals surface area contributed by atoms with Gasteiger partial charge in [-0.3, -0.25) is 19.6 Å². The highest BCUT2D eigenvalue weighted by molar-refractivity contribution is 5.93. The fourth-order valence-electron chi connectivity index (χ4n) is 3.20. The summed E-state index contributed by atoms with van der Waals surface area (Å²) in [5, 5.41) is 3.03. The molecular weight excluding hydrogens is 312 g/mol. The lowest BCUT2D eigenvalue weighted by molar-refractivity contribution is -0.117. The topological polar surface area (TPSA) is 48.5 Å². The third kappa shape index (κ3) is 5.11. The first-order valence-electron chi connectivity index (χ1n) is 8.81. The lowest BCUT2D eigenvalue weighted by atomic mass is 10.1. The number of hydrogen-bond acceptors (Lipinski definition) is 4. The molecule has 0 bridgehead atoms. The molecule has 0 radical (unpaired) electrons. The van der Waals surface area contributed by atoms with Crippen molar-refractivity contribution in [1.29, 1.82) is 0 Å². The lowest BCUT2D eigenvalue weighted by Gasteiger charge is -2.34. The molecule has 0 saturated carbocycles. The van der Waals surface area contributed by atoms with Crippen molar-refractivity contribution in [3.63, 3.8) is 0 Å². The van der Waals surface area contributed by atoms with Crippen LogP contribution in [0.25, 0.3) is 0 Å². The Morgan fingerprint density at radius 2 is 1.72 bits per heavy atom. The Morgan fingerprint density at radius 1 is 1.04 bits per heavy atom. The Labute approximate surface area is 149 Å². The molecular formula is C20H26N4O. The number of hydrogen-bond donors (Lipinski definition) is 1. The van der Waals surface area contributed by atoms with Gasteiger partial charge in [-0.25, -0.2) is 0 Å². The van der Waals surface area contributed by atoms with E-state index < -0.39 is 0 Å². The largest absolute Gasteiger partial charge is 0.325 e. The third-order valence-electron chi connectivity index (χ3n) is 4.64. The number of nitrogens with zero attached hydrogens (tertiary/aromatic N) is 3. The SMILES string of the molecule is Cc1ccc(NC(=O)CN2CCN(Cc3ccncc3)CC2)c(C)c1. The van der Waals surface area contributed by atoms with Crippen LogP contribution in [0.15, 0.2) is 42.7 Å². The number of nitrogens with one attached hydrogen (secondary N) is 1. The number of carbonyl (C=O) groups excluding carboxylic acids is 1. The quantitative estimate of drug-likeness (QED) is 0.910. The number of pyridine rings is 1. The molecule has 2 heterocycles. The van der Waals surface area contributed by atoms with Gasteiger partial charge in [-0.05, 0) is 43.2 Å². The summed E-state index contributed by atoms with van der Waals surface area (Å²) in [6, 6.07) is 10.2. The van der Waals surface area contributed by atoms with E-state index in [1.807, 2.05) is 31.5 Å². The zero-order valence-electron chi connectivity index (χ0n) is 15.0. The number of aromatic nitrogens is 1. The summed E-state index contributed by atoms with van der Waals surface area (Å²) in [5.74, 6) is 0.0644. The second kappa shape index (κ2) is 8.23. The maximum absolute atomic E-state index is 12.3. The van der Waals surface area contributed by atoms with Gasteiger partial charge in [0.15, 0.2) is 0 Å². The van der Waals surface area contributed by atoms with Crippen LogP contribution in [0.1, 0.15) is 16.7 Å². The minimum Gasteiger partial charge on any atom is -0.325 e. The van der Waals surface area contributed by atoms with Crippen molar-refractivity contribution in [3.05, 3.63) is 59.4 Å². The fourth-order valence-corrected chi connectivity index (χ4v) is 3.20. The summed E-state index contributed by atoms with van der Waals surface area (Å²) < 4.78 is 0. The first-order valence-corrected chi connectivity index (χ1v) is 8.81. The van der Waals surface area contributed by atoms with E-state index in [9.17, 15) is 4.79 Å². The zero-order valence-corrected chi connectivity index (χ0v) is 15.0. The fraction of sp³-hybridized carbons (Fsp3) is 0.400. The minimum absolute atomic E-state index is 0.0644. The highest BCUT2D eigenvalue weighted by Crippen LogP contribution is 2.16. The molecule has 5 nitrogen and oxygen atoms in total. The van der Waals surface area contributed by atoms with E-state index in [1.165, 1.54) is 11.1 Å². The smallest absolute Gasteiger partial charge is 0.238 e. The van der Waals surface area contributed by atoms with Gasteiger partial charge in [-0.2, -0.15) is 0 Å². The Bertz CT molecular complexity index is 709. The van der Waals surface area contributed by atoms with E-state index in [-0.39, 0.29) is 5.91 Å². The van der Waals surface area contributed by atoms with Crippen molar-refractivity contribution in [1.82, 2.24) is 14.8 Å². The van der Waals surface area contributed by atoms with Gasteiger partial charge in [0.1, 0.15) is 0 Å². The van der Waals surface area contributed by atoms with Gasteiger partial charge in [-0.15, -0.1) is 0 Å². The van der Waals surface area contributed by atoms with Gasteiger partial charge < -0.3 is 5.32 Å². The molecule has 1 amide bonds. The van der Waals surface area contributed by atoms with E-state index in [2.05, 4.69) is 45.2 Å². The molecule has 25 heavy (non-hydrogen) atoms. The summed E-state index contributed by atoms with van der Waals surface area (Å²) in [6.07, 6.45) is 3.67. The van der Waals surface area contributed by atoms with E-state index >= 15 is 0 Å². The van der Waals surface area contributed by atoms with E-state index in [1.54, 1.807) is 0 Å². The van der Waals surface area contributed by atoms with Crippen LogP contribution in [0.4, 0.5) is 5.69 Å². The first kappa shape index (κ1) is 17.6. The average molecular weight is 338 g/mol. The van der Waals surface area contributed by atoms with Crippen molar-refractivity contribution in [2.24, 2.45) is 0 Å². The van der Waals surface area contributed by atoms with Crippen molar-refractivity contribution >= 4 is 11.6 Å². The van der Waals surface area contributed by atoms with Gasteiger partial charge in [0.25, 0.3) is 0 Å². The van der Waals surface area contributed by atoms with E-state index in [0.29, 0.717) is 6.54 Å². The third-order valence-corrected chi connectivity index (χ3v) is 4.64. The molecule has 1 fully saturated rings. The molecule has 1 aromatic carbocycles. The molecule has 132 valence electrons. The van der Waals surface area contributed by atoms with Gasteiger partial charge in [0, 0.05) is 50.8 Å². The number of benzene rings is 1. The maximum atomic E-state index is 12.3. The molecule has 2 aromatic rings. The van der Waals surface area contributed by atoms with Crippen molar-refractivity contribution in [3.8, 4) is 0 Å². The predicted molar refractivity (Wildman–Crippen MR) is 100 cm³/mol. The molecule has 3 rings (SSSR count). The number of carbonyl (C=O) groups is 1. The maximum Gasteiger partial charge on any atom is 0.238 e. The van der Waals surface area contributed by atoms with Crippen LogP contribution in [0, 0.1) is 13.8 Å². The van der Waals surface area contributed by atoms with Crippen LogP contribution in [-0.4, -0.2) is 53.4 Å². The number of rotatable bonds is 5. The molecule has 1 aliphatic heterocycles. The molecule has 1 N–H and O–H groups in total. The summed E-state index contributed by atoms with van der Waals surface area (Å²) in [6.45, 7) is 9.31. The van der Waals surface area contributed by atoms with Crippen molar-refractivity contribution in [2.75, 3.05) is 38.0 Å². The van der Waals surface area contributed by atoms with Gasteiger partial charge in [0.2, 0.25) is 5.91 Å². The Balaban J connectivity index is 1.44. The predicted octanol–water partition coefficient (Wildman–Crippen LogP) is 2.45. The summed E-state index contributed by atoms with van der Waals surface area (Å²) in [7, 11) is 0. The van der Waals surface area contributed by atoms with Crippen LogP contribution in [-0.2, 0) is 11.3 Å². The average Bonchev–Trinajstić information content (AvgIpc) is 2.60. The van der Waals surface area contributed by atoms with Crippen LogP contribution in [0.3, 0.4) is 0 Å². The molecule has 5 heteroatoms. The van der Waals surface area contributed by atoms with Crippen molar-refractivity contribution < 1.29 is 4.79 Å². The zero-order chi connectivity index (χ0) is 17.6. The molecule has 1 aliphatic rings. The molecule has 0 unspecified atom stereocenters. The molecule has 0 aliphatic carbocycles. The second-order valence-electron chi connectivity index (χ2n) is 6.77. The minimum atomic E-state index is 0.0644. The Morgan fingerprint density at radius 3 is 2.40 bits per heavy atom. The monoisotopic (exact) mass is 338 g/mol. The van der Waals surface area contributed by atoms with Gasteiger partial charge in [-0.1, -0.05) is 17.7 Å². The highest BCUT2D eigenvalue weighted by Gasteiger charge is 2.19. The van der Waals surface area contributed by atoms with Crippen LogP contribution < -0.4 is 5.32 Å². The number of piperazine rings is 1. The molecule has 0 atom stereocenters. The van der Waals surface area contributed by atoms with E-state index in [4.69, 9.17) is 0 Å². The van der Waals surface area contributed by atoms with Crippen LogP contribution >= 0.6 is 0 Å². The summed E-state index contributed by atoms with van der Waals surface area (Å²) in [5.41, 5.74) is 4.51. The van der Waals surface area contributed by atoms with E-state index in [0.717, 1.165) is 44.0 Å². The Kier molecular flexibility index (Phi) is 5.79. The number of amides is 1. The van der Waals surface area contributed by atoms with Crippen molar-refractivity contribution in [2.45, 2.75) is 20.4 Å². The number of aryl methyl sites for hydroxylation is 2. The summed E-state index contributed by atoms with van der Waals surface area (Å²) in [4.78, 5) is 21.0. The normalized spacial score (nSPS) is 15.9. The van der Waals surface area contributed by atoms with Gasteiger partial charge in [0.05, 0.1) is 6.54 Å². The second-order valence-corrected chi connectivity index (χ2v) is 6.77. The van der Waals surface area contributed by atoms with Crippen LogP contribution in [0.5, 0.6) is 0 Å². The highest BCUT2D eigenvalue weighted by atomic mass is 16.2. The lowest BCUT2D eigenvalue weighted by Crippen LogP contribution is -2.48. The first-order chi connectivity index (χ1) is 12.1. The Hall–Kier alpha value is -2.24. The standard InChI is InChI=1S/C20H26N4O/c1-16-3-4-19(17(2)13-16)22-20(25)15-24-11-9-23(10-12-24)14-18-5-7-21-8-6-18/h3-8,13H,9-12,14-15H2,1-2H3,(H,22,25). The number of anilines is 1.